The first-order valence-electron chi connectivity index (χ1n) is 16.6. The van der Waals surface area contributed by atoms with Crippen LogP contribution in [-0.2, 0) is 49.9 Å². The summed E-state index contributed by atoms with van der Waals surface area (Å²) in [5.74, 6) is -1.08. The van der Waals surface area contributed by atoms with E-state index in [1.54, 1.807) is 55.9 Å². The summed E-state index contributed by atoms with van der Waals surface area (Å²) in [5, 5.41) is 27.3. The SMILES string of the molecule is Cn1cc(C[C@@H](NC(=O)[C@H]2C[C@@H]2c2ccc(-c3cnc4nn(C)cc4c3)cc2)C(=O)NC(C)(C)Cn2nc(C(F)(F)F)cc2-c2cnn(C)n2)cn1. The molecule has 7 rings (SSSR count). The number of hydrogen-bond donors (Lipinski definition) is 2. The van der Waals surface area contributed by atoms with E-state index < -0.39 is 29.4 Å². The quantitative estimate of drug-likeness (QED) is 0.206. The zero-order chi connectivity index (χ0) is 36.9. The van der Waals surface area contributed by atoms with Gasteiger partial charge >= 0.3 is 6.18 Å². The number of benzene rings is 1. The fourth-order valence-electron chi connectivity index (χ4n) is 6.45. The lowest BCUT2D eigenvalue weighted by Gasteiger charge is -2.29. The number of nitrogens with one attached hydrogen (secondary N) is 2. The van der Waals surface area contributed by atoms with Crippen LogP contribution in [0.1, 0.15) is 43.0 Å². The van der Waals surface area contributed by atoms with Gasteiger partial charge in [0.2, 0.25) is 11.8 Å². The van der Waals surface area contributed by atoms with Gasteiger partial charge in [0.1, 0.15) is 11.7 Å². The standard InChI is InChI=1S/C35H37F3N12O2/c1-34(2,19-50-29(28-16-41-49(5)44-28)13-30(45-50)35(36,37)38)43-33(52)27(10-20-14-40-47(3)17-20)42-32(51)26-12-25(26)22-8-6-21(7-9-22)23-11-24-18-48(4)46-31(24)39-15-23/h6-9,11,13-18,25-27H,10,12,19H2,1-5H3,(H,42,51)(H,43,52)/t25-,26+,27-/m1/s1. The minimum Gasteiger partial charge on any atom is -0.348 e. The number of fused-ring (bicyclic) bond motifs is 1. The Morgan fingerprint density at radius 2 is 1.69 bits per heavy atom. The molecule has 1 saturated carbocycles. The molecule has 1 fully saturated rings. The van der Waals surface area contributed by atoms with Crippen LogP contribution in [-0.4, -0.2) is 72.7 Å². The smallest absolute Gasteiger partial charge is 0.348 e. The Bertz CT molecular complexity index is 2260. The maximum absolute atomic E-state index is 13.9. The molecule has 3 atom stereocenters. The number of nitrogens with zero attached hydrogens (tertiary/aromatic N) is 10. The number of carbonyl (C=O) groups is 2. The van der Waals surface area contributed by atoms with Crippen LogP contribution in [0, 0.1) is 5.92 Å². The molecule has 0 radical (unpaired) electrons. The number of pyridine rings is 1. The van der Waals surface area contributed by atoms with Crippen molar-refractivity contribution in [1.29, 1.82) is 0 Å². The first-order chi connectivity index (χ1) is 24.6. The van der Waals surface area contributed by atoms with Crippen LogP contribution in [0.4, 0.5) is 13.2 Å². The van der Waals surface area contributed by atoms with Crippen molar-refractivity contribution >= 4 is 22.8 Å². The second-order valence-electron chi connectivity index (χ2n) is 14.0. The number of aryl methyl sites for hydroxylation is 3. The molecule has 0 bridgehead atoms. The van der Waals surface area contributed by atoms with Gasteiger partial charge in [0.05, 0.1) is 30.2 Å². The molecule has 2 N–H and O–H groups in total. The summed E-state index contributed by atoms with van der Waals surface area (Å²) in [6.07, 6.45) is 4.54. The van der Waals surface area contributed by atoms with Crippen molar-refractivity contribution in [2.24, 2.45) is 27.1 Å². The number of amides is 2. The third-order valence-corrected chi connectivity index (χ3v) is 9.04. The van der Waals surface area contributed by atoms with Crippen LogP contribution < -0.4 is 10.6 Å². The number of alkyl halides is 3. The first-order valence-corrected chi connectivity index (χ1v) is 16.6. The monoisotopic (exact) mass is 714 g/mol. The van der Waals surface area contributed by atoms with Gasteiger partial charge in [0, 0.05) is 63.0 Å². The van der Waals surface area contributed by atoms with E-state index in [0.29, 0.717) is 12.1 Å². The Kier molecular flexibility index (Phi) is 8.66. The van der Waals surface area contributed by atoms with Gasteiger partial charge in [-0.1, -0.05) is 24.3 Å². The van der Waals surface area contributed by atoms with Crippen LogP contribution in [0.3, 0.4) is 0 Å². The maximum atomic E-state index is 13.9. The van der Waals surface area contributed by atoms with Crippen molar-refractivity contribution in [2.45, 2.75) is 56.9 Å². The summed E-state index contributed by atoms with van der Waals surface area (Å²) in [7, 11) is 5.16. The second-order valence-corrected chi connectivity index (χ2v) is 14.0. The van der Waals surface area contributed by atoms with Gasteiger partial charge in [-0.3, -0.25) is 23.6 Å². The van der Waals surface area contributed by atoms with E-state index in [2.05, 4.69) is 41.1 Å². The van der Waals surface area contributed by atoms with Gasteiger partial charge in [-0.25, -0.2) is 4.98 Å². The second kappa shape index (κ2) is 13.0. The minimum atomic E-state index is -4.69. The molecule has 0 saturated heterocycles. The number of hydrogen-bond acceptors (Lipinski definition) is 8. The van der Waals surface area contributed by atoms with Crippen LogP contribution in [0.5, 0.6) is 0 Å². The summed E-state index contributed by atoms with van der Waals surface area (Å²) in [4.78, 5) is 33.2. The highest BCUT2D eigenvalue weighted by atomic mass is 19.4. The Morgan fingerprint density at radius 1 is 0.923 bits per heavy atom. The van der Waals surface area contributed by atoms with Gasteiger partial charge in [-0.15, -0.1) is 0 Å². The van der Waals surface area contributed by atoms with E-state index >= 15 is 0 Å². The molecule has 6 aromatic rings. The summed E-state index contributed by atoms with van der Waals surface area (Å²) < 4.78 is 45.5. The van der Waals surface area contributed by atoms with Gasteiger partial charge in [0.25, 0.3) is 0 Å². The number of carbonyl (C=O) groups excluding carboxylic acids is 2. The third-order valence-electron chi connectivity index (χ3n) is 9.04. The molecule has 1 aliphatic rings. The van der Waals surface area contributed by atoms with Crippen molar-refractivity contribution < 1.29 is 22.8 Å². The van der Waals surface area contributed by atoms with E-state index in [1.165, 1.54) is 11.0 Å². The highest BCUT2D eigenvalue weighted by Gasteiger charge is 2.45. The van der Waals surface area contributed by atoms with Crippen LogP contribution in [0.25, 0.3) is 33.5 Å². The summed E-state index contributed by atoms with van der Waals surface area (Å²) in [6.45, 7) is 3.23. The van der Waals surface area contributed by atoms with E-state index in [-0.39, 0.29) is 42.1 Å². The topological polar surface area (TPSA) is 155 Å². The van der Waals surface area contributed by atoms with E-state index in [9.17, 15) is 22.8 Å². The Balaban J connectivity index is 1.04. The summed E-state index contributed by atoms with van der Waals surface area (Å²) in [6, 6.07) is 10.0. The highest BCUT2D eigenvalue weighted by molar-refractivity contribution is 5.90. The normalized spacial score (nSPS) is 16.6. The average Bonchev–Trinajstić information content (AvgIpc) is 3.37. The van der Waals surface area contributed by atoms with Crippen molar-refractivity contribution in [3.8, 4) is 22.5 Å². The number of rotatable bonds is 11. The predicted molar refractivity (Wildman–Crippen MR) is 183 cm³/mol. The Labute approximate surface area is 296 Å². The van der Waals surface area contributed by atoms with Crippen LogP contribution >= 0.6 is 0 Å². The molecular formula is C35H37F3N12O2. The van der Waals surface area contributed by atoms with Gasteiger partial charge in [0.15, 0.2) is 11.3 Å². The van der Waals surface area contributed by atoms with Crippen LogP contribution in [0.15, 0.2) is 67.4 Å². The molecular weight excluding hydrogens is 677 g/mol. The third kappa shape index (κ3) is 7.43. The summed E-state index contributed by atoms with van der Waals surface area (Å²) >= 11 is 0. The number of aromatic nitrogens is 10. The minimum absolute atomic E-state index is 0.00586. The molecule has 0 aliphatic heterocycles. The molecule has 0 unspecified atom stereocenters. The van der Waals surface area contributed by atoms with Gasteiger partial charge in [-0.2, -0.15) is 43.5 Å². The number of halogens is 3. The lowest BCUT2D eigenvalue weighted by molar-refractivity contribution is -0.141. The highest BCUT2D eigenvalue weighted by Crippen LogP contribution is 2.48. The maximum Gasteiger partial charge on any atom is 0.435 e. The van der Waals surface area contributed by atoms with Crippen LogP contribution in [0.2, 0.25) is 0 Å². The van der Waals surface area contributed by atoms with Crippen molar-refractivity contribution in [1.82, 2.24) is 60.0 Å². The van der Waals surface area contributed by atoms with Crippen molar-refractivity contribution in [3.63, 3.8) is 0 Å². The average molecular weight is 715 g/mol. The zero-order valence-corrected chi connectivity index (χ0v) is 29.1. The lowest BCUT2D eigenvalue weighted by atomic mass is 10.0. The van der Waals surface area contributed by atoms with Crippen molar-refractivity contribution in [3.05, 3.63) is 84.2 Å². The summed E-state index contributed by atoms with van der Waals surface area (Å²) in [5.41, 5.74) is 2.50. The molecule has 270 valence electrons. The molecule has 0 spiro atoms. The molecule has 2 amide bonds. The molecule has 5 heterocycles. The van der Waals surface area contributed by atoms with Gasteiger partial charge < -0.3 is 10.6 Å². The zero-order valence-electron chi connectivity index (χ0n) is 29.1. The molecule has 17 heteroatoms. The van der Waals surface area contributed by atoms with E-state index in [1.807, 2.05) is 43.6 Å². The van der Waals surface area contributed by atoms with E-state index in [4.69, 9.17) is 0 Å². The fourth-order valence-corrected chi connectivity index (χ4v) is 6.45. The van der Waals surface area contributed by atoms with Gasteiger partial charge in [-0.05, 0) is 55.0 Å². The largest absolute Gasteiger partial charge is 0.435 e. The first kappa shape index (κ1) is 34.6. The predicted octanol–water partition coefficient (Wildman–Crippen LogP) is 3.81. The molecule has 52 heavy (non-hydrogen) atoms. The molecule has 1 aliphatic carbocycles. The van der Waals surface area contributed by atoms with E-state index in [0.717, 1.165) is 38.4 Å². The fraction of sp³-hybridized carbons (Fsp3) is 0.371. The lowest BCUT2D eigenvalue weighted by Crippen LogP contribution is -2.55. The Hall–Kier alpha value is -5.87. The molecule has 5 aromatic heterocycles. The molecule has 1 aromatic carbocycles. The molecule has 14 nitrogen and oxygen atoms in total. The van der Waals surface area contributed by atoms with Crippen molar-refractivity contribution in [2.75, 3.05) is 0 Å². The Morgan fingerprint density at radius 3 is 2.37 bits per heavy atom.